The first-order valence-electron chi connectivity index (χ1n) is 6.83. The van der Waals surface area contributed by atoms with Crippen molar-refractivity contribution in [1.82, 2.24) is 19.7 Å². The molecule has 116 valence electrons. The third-order valence-corrected chi connectivity index (χ3v) is 3.68. The lowest BCUT2D eigenvalue weighted by molar-refractivity contribution is -0.146. The second kappa shape index (κ2) is 5.01. The number of carbonyl (C=O) groups excluding carboxylic acids is 1. The zero-order chi connectivity index (χ0) is 15.8. The third-order valence-electron chi connectivity index (χ3n) is 3.68. The molecule has 2 amide bonds. The van der Waals surface area contributed by atoms with Crippen LogP contribution >= 0.6 is 0 Å². The van der Waals surface area contributed by atoms with Gasteiger partial charge in [-0.2, -0.15) is 10.1 Å². The molecule has 1 atom stereocenters. The molecule has 1 fully saturated rings. The summed E-state index contributed by atoms with van der Waals surface area (Å²) in [5.41, 5.74) is -1.19. The Labute approximate surface area is 123 Å². The van der Waals surface area contributed by atoms with Gasteiger partial charge in [0, 0.05) is 13.1 Å². The van der Waals surface area contributed by atoms with Crippen LogP contribution in [-0.2, 0) is 10.3 Å². The van der Waals surface area contributed by atoms with Crippen molar-refractivity contribution in [2.24, 2.45) is 5.41 Å². The van der Waals surface area contributed by atoms with Gasteiger partial charge in [0.05, 0.1) is 11.0 Å². The highest BCUT2D eigenvalue weighted by Crippen LogP contribution is 2.30. The number of carboxylic acids is 1. The van der Waals surface area contributed by atoms with Crippen molar-refractivity contribution in [3.63, 3.8) is 0 Å². The van der Waals surface area contributed by atoms with Crippen LogP contribution in [0.15, 0.2) is 6.33 Å². The number of amides is 2. The number of anilines is 1. The zero-order valence-corrected chi connectivity index (χ0v) is 12.8. The maximum Gasteiger partial charge on any atom is 0.324 e. The van der Waals surface area contributed by atoms with Crippen molar-refractivity contribution in [3.05, 3.63) is 6.33 Å². The largest absolute Gasteiger partial charge is 0.481 e. The SMILES string of the molecule is CC1(C(=O)O)CCN(C(=O)Nc2ncnn2C(C)(C)C)C1. The van der Waals surface area contributed by atoms with Crippen LogP contribution in [0.5, 0.6) is 0 Å². The molecule has 21 heavy (non-hydrogen) atoms. The summed E-state index contributed by atoms with van der Waals surface area (Å²) in [5.74, 6) is -0.521. The van der Waals surface area contributed by atoms with E-state index in [0.717, 1.165) is 0 Å². The summed E-state index contributed by atoms with van der Waals surface area (Å²) in [7, 11) is 0. The summed E-state index contributed by atoms with van der Waals surface area (Å²) in [6.45, 7) is 8.12. The summed E-state index contributed by atoms with van der Waals surface area (Å²) in [5, 5.41) is 16.0. The molecule has 2 rings (SSSR count). The van der Waals surface area contributed by atoms with Crippen LogP contribution in [-0.4, -0.2) is 49.9 Å². The molecule has 0 bridgehead atoms. The first-order valence-corrected chi connectivity index (χ1v) is 6.83. The van der Waals surface area contributed by atoms with Gasteiger partial charge in [-0.25, -0.2) is 9.48 Å². The maximum absolute atomic E-state index is 12.2. The molecule has 0 aromatic carbocycles. The lowest BCUT2D eigenvalue weighted by atomic mass is 9.90. The van der Waals surface area contributed by atoms with E-state index in [2.05, 4.69) is 15.4 Å². The molecule has 0 radical (unpaired) electrons. The Hall–Kier alpha value is -2.12. The van der Waals surface area contributed by atoms with Crippen LogP contribution in [0.1, 0.15) is 34.1 Å². The van der Waals surface area contributed by atoms with E-state index in [1.165, 1.54) is 11.2 Å². The molecule has 1 unspecified atom stereocenters. The molecule has 1 saturated heterocycles. The number of nitrogens with one attached hydrogen (secondary N) is 1. The van der Waals surface area contributed by atoms with Gasteiger partial charge >= 0.3 is 12.0 Å². The van der Waals surface area contributed by atoms with E-state index in [9.17, 15) is 14.7 Å². The molecule has 2 N–H and O–H groups in total. The number of hydrogen-bond acceptors (Lipinski definition) is 4. The number of rotatable bonds is 2. The summed E-state index contributed by atoms with van der Waals surface area (Å²) >= 11 is 0. The standard InChI is InChI=1S/C13H21N5O3/c1-12(2,3)18-10(14-8-15-18)16-11(21)17-6-5-13(4,7-17)9(19)20/h8H,5-7H2,1-4H3,(H,19,20)(H,14,15,16,21). The van der Waals surface area contributed by atoms with Gasteiger partial charge in [0.2, 0.25) is 5.95 Å². The van der Waals surface area contributed by atoms with Gasteiger partial charge in [-0.05, 0) is 34.1 Å². The van der Waals surface area contributed by atoms with Crippen molar-refractivity contribution in [3.8, 4) is 0 Å². The smallest absolute Gasteiger partial charge is 0.324 e. The Morgan fingerprint density at radius 1 is 1.43 bits per heavy atom. The molecule has 8 nitrogen and oxygen atoms in total. The second-order valence-electron chi connectivity index (χ2n) is 6.63. The highest BCUT2D eigenvalue weighted by Gasteiger charge is 2.42. The number of carbonyl (C=O) groups is 2. The highest BCUT2D eigenvalue weighted by molar-refractivity contribution is 5.88. The minimum Gasteiger partial charge on any atom is -0.481 e. The molecule has 1 aromatic heterocycles. The lowest BCUT2D eigenvalue weighted by Crippen LogP contribution is -2.38. The first kappa shape index (κ1) is 15.3. The van der Waals surface area contributed by atoms with E-state index in [1.807, 2.05) is 20.8 Å². The Bertz CT molecular complexity index is 562. The van der Waals surface area contributed by atoms with E-state index < -0.39 is 11.4 Å². The molecule has 8 heteroatoms. The van der Waals surface area contributed by atoms with E-state index in [4.69, 9.17) is 0 Å². The number of hydrogen-bond donors (Lipinski definition) is 2. The second-order valence-corrected chi connectivity index (χ2v) is 6.63. The van der Waals surface area contributed by atoms with E-state index in [-0.39, 0.29) is 18.1 Å². The molecule has 0 saturated carbocycles. The quantitative estimate of drug-likeness (QED) is 0.858. The van der Waals surface area contributed by atoms with Crippen LogP contribution < -0.4 is 5.32 Å². The van der Waals surface area contributed by atoms with Crippen molar-refractivity contribution in [2.75, 3.05) is 18.4 Å². The Morgan fingerprint density at radius 2 is 2.10 bits per heavy atom. The van der Waals surface area contributed by atoms with Gasteiger partial charge in [0.1, 0.15) is 6.33 Å². The summed E-state index contributed by atoms with van der Waals surface area (Å²) in [6.07, 6.45) is 1.83. The minimum atomic E-state index is -0.880. The van der Waals surface area contributed by atoms with Crippen molar-refractivity contribution >= 4 is 17.9 Å². The molecule has 0 aliphatic carbocycles. The van der Waals surface area contributed by atoms with Gasteiger partial charge in [-0.3, -0.25) is 10.1 Å². The average Bonchev–Trinajstić information content (AvgIpc) is 2.95. The van der Waals surface area contributed by atoms with Gasteiger partial charge in [0.25, 0.3) is 0 Å². The lowest BCUT2D eigenvalue weighted by Gasteiger charge is -2.23. The topological polar surface area (TPSA) is 100 Å². The molecular weight excluding hydrogens is 274 g/mol. The molecule has 2 heterocycles. The summed E-state index contributed by atoms with van der Waals surface area (Å²) < 4.78 is 1.62. The van der Waals surface area contributed by atoms with E-state index in [1.54, 1.807) is 11.6 Å². The number of likely N-dealkylation sites (tertiary alicyclic amines) is 1. The van der Waals surface area contributed by atoms with Crippen LogP contribution in [0, 0.1) is 5.41 Å². The molecule has 1 aliphatic rings. The fourth-order valence-electron chi connectivity index (χ4n) is 2.30. The Kier molecular flexibility index (Phi) is 3.65. The summed E-state index contributed by atoms with van der Waals surface area (Å²) in [4.78, 5) is 29.0. The first-order chi connectivity index (χ1) is 9.63. The van der Waals surface area contributed by atoms with Gasteiger partial charge in [-0.15, -0.1) is 0 Å². The van der Waals surface area contributed by atoms with Crippen LogP contribution in [0.2, 0.25) is 0 Å². The average molecular weight is 295 g/mol. The van der Waals surface area contributed by atoms with Crippen LogP contribution in [0.4, 0.5) is 10.7 Å². The number of urea groups is 1. The predicted octanol–water partition coefficient (Wildman–Crippen LogP) is 1.36. The third kappa shape index (κ3) is 2.98. The highest BCUT2D eigenvalue weighted by atomic mass is 16.4. The van der Waals surface area contributed by atoms with E-state index in [0.29, 0.717) is 18.9 Å². The van der Waals surface area contributed by atoms with Crippen molar-refractivity contribution < 1.29 is 14.7 Å². The van der Waals surface area contributed by atoms with Gasteiger partial charge < -0.3 is 10.0 Å². The Balaban J connectivity index is 2.07. The fraction of sp³-hybridized carbons (Fsp3) is 0.692. The van der Waals surface area contributed by atoms with Gasteiger partial charge in [-0.1, -0.05) is 0 Å². The molecule has 0 spiro atoms. The fourth-order valence-corrected chi connectivity index (χ4v) is 2.30. The summed E-state index contributed by atoms with van der Waals surface area (Å²) in [6, 6.07) is -0.349. The number of aromatic nitrogens is 3. The van der Waals surface area contributed by atoms with Crippen LogP contribution in [0.3, 0.4) is 0 Å². The van der Waals surface area contributed by atoms with Crippen molar-refractivity contribution in [1.29, 1.82) is 0 Å². The predicted molar refractivity (Wildman–Crippen MR) is 76.0 cm³/mol. The van der Waals surface area contributed by atoms with Gasteiger partial charge in [0.15, 0.2) is 0 Å². The van der Waals surface area contributed by atoms with Crippen LogP contribution in [0.25, 0.3) is 0 Å². The number of aliphatic carboxylic acids is 1. The molecular formula is C13H21N5O3. The van der Waals surface area contributed by atoms with E-state index >= 15 is 0 Å². The molecule has 1 aliphatic heterocycles. The monoisotopic (exact) mass is 295 g/mol. The minimum absolute atomic E-state index is 0.192. The van der Waals surface area contributed by atoms with Crippen molar-refractivity contribution in [2.45, 2.75) is 39.7 Å². The Morgan fingerprint density at radius 3 is 2.62 bits per heavy atom. The number of carboxylic acid groups (broad SMARTS) is 1. The molecule has 1 aromatic rings. The normalized spacial score (nSPS) is 22.4. The number of nitrogens with zero attached hydrogens (tertiary/aromatic N) is 4. The maximum atomic E-state index is 12.2. The zero-order valence-electron chi connectivity index (χ0n) is 12.8.